The Morgan fingerprint density at radius 2 is 1.76 bits per heavy atom. The summed E-state index contributed by atoms with van der Waals surface area (Å²) in [7, 11) is 0. The van der Waals surface area contributed by atoms with Gasteiger partial charge >= 0.3 is 6.09 Å². The molecule has 29 heavy (non-hydrogen) atoms. The van der Waals surface area contributed by atoms with Gasteiger partial charge in [-0.3, -0.25) is 0 Å². The molecule has 2 heterocycles. The van der Waals surface area contributed by atoms with Gasteiger partial charge in [0, 0.05) is 6.54 Å². The molecule has 0 bridgehead atoms. The molecular formula is C24H30N2O3. The van der Waals surface area contributed by atoms with Gasteiger partial charge < -0.3 is 19.7 Å². The Hall–Kier alpha value is -2.53. The van der Waals surface area contributed by atoms with E-state index in [0.717, 1.165) is 43.8 Å². The highest BCUT2D eigenvalue weighted by atomic mass is 16.6. The number of hydrogen-bond acceptors (Lipinski definition) is 4. The van der Waals surface area contributed by atoms with Crippen molar-refractivity contribution < 1.29 is 14.3 Å². The first-order chi connectivity index (χ1) is 14.3. The molecule has 2 fully saturated rings. The summed E-state index contributed by atoms with van der Waals surface area (Å²) in [6.07, 6.45) is 4.14. The van der Waals surface area contributed by atoms with Crippen LogP contribution in [-0.2, 0) is 17.8 Å². The minimum absolute atomic E-state index is 0.125. The van der Waals surface area contributed by atoms with Gasteiger partial charge in [0.15, 0.2) is 0 Å². The summed E-state index contributed by atoms with van der Waals surface area (Å²) in [5.74, 6) is 1.57. The standard InChI is InChI=1S/C24H30N2O3/c27-24-26(15-12-19-10-13-25-14-11-19)22(18-29-24)16-20-6-8-23(9-7-20)28-17-21-4-2-1-3-5-21/h1-9,19,22,25H,10-18H2/t22-/m0/s1. The molecule has 2 aromatic carbocycles. The molecule has 5 nitrogen and oxygen atoms in total. The van der Waals surface area contributed by atoms with Gasteiger partial charge in [-0.2, -0.15) is 0 Å². The first-order valence-corrected chi connectivity index (χ1v) is 10.7. The molecule has 0 spiro atoms. The third-order valence-corrected chi connectivity index (χ3v) is 5.95. The summed E-state index contributed by atoms with van der Waals surface area (Å²) in [6.45, 7) is 4.04. The van der Waals surface area contributed by atoms with Crippen molar-refractivity contribution in [3.05, 3.63) is 65.7 Å². The third kappa shape index (κ3) is 5.51. The van der Waals surface area contributed by atoms with Crippen molar-refractivity contribution >= 4 is 6.09 Å². The normalized spacial score (nSPS) is 19.9. The van der Waals surface area contributed by atoms with Gasteiger partial charge in [-0.1, -0.05) is 42.5 Å². The van der Waals surface area contributed by atoms with Crippen LogP contribution in [-0.4, -0.2) is 43.3 Å². The second-order valence-electron chi connectivity index (χ2n) is 8.03. The van der Waals surface area contributed by atoms with Crippen molar-refractivity contribution in [2.24, 2.45) is 5.92 Å². The molecule has 1 N–H and O–H groups in total. The Bertz CT molecular complexity index is 772. The summed E-state index contributed by atoms with van der Waals surface area (Å²) >= 11 is 0. The lowest BCUT2D eigenvalue weighted by molar-refractivity contribution is 0.154. The fourth-order valence-electron chi connectivity index (χ4n) is 4.16. The molecular weight excluding hydrogens is 364 g/mol. The molecule has 154 valence electrons. The molecule has 0 aliphatic carbocycles. The maximum atomic E-state index is 12.2. The van der Waals surface area contributed by atoms with Crippen LogP contribution in [0.5, 0.6) is 5.75 Å². The van der Waals surface area contributed by atoms with Crippen molar-refractivity contribution in [1.82, 2.24) is 10.2 Å². The van der Waals surface area contributed by atoms with E-state index < -0.39 is 0 Å². The highest BCUT2D eigenvalue weighted by molar-refractivity contribution is 5.70. The maximum absolute atomic E-state index is 12.2. The quantitative estimate of drug-likeness (QED) is 0.735. The van der Waals surface area contributed by atoms with E-state index in [1.807, 2.05) is 35.2 Å². The van der Waals surface area contributed by atoms with E-state index in [1.165, 1.54) is 18.4 Å². The van der Waals surface area contributed by atoms with Gasteiger partial charge in [-0.25, -0.2) is 4.79 Å². The van der Waals surface area contributed by atoms with Gasteiger partial charge in [0.25, 0.3) is 0 Å². The molecule has 0 saturated carbocycles. The van der Waals surface area contributed by atoms with Crippen LogP contribution in [0.2, 0.25) is 0 Å². The van der Waals surface area contributed by atoms with E-state index in [2.05, 4.69) is 29.6 Å². The van der Waals surface area contributed by atoms with Crippen molar-refractivity contribution in [2.45, 2.75) is 38.3 Å². The van der Waals surface area contributed by atoms with Gasteiger partial charge in [0.05, 0.1) is 6.04 Å². The highest BCUT2D eigenvalue weighted by Crippen LogP contribution is 2.23. The minimum Gasteiger partial charge on any atom is -0.489 e. The van der Waals surface area contributed by atoms with Gasteiger partial charge in [-0.05, 0) is 68.0 Å². The van der Waals surface area contributed by atoms with Crippen LogP contribution >= 0.6 is 0 Å². The predicted molar refractivity (Wildman–Crippen MR) is 113 cm³/mol. The second kappa shape index (κ2) is 9.79. The number of cyclic esters (lactones) is 1. The average Bonchev–Trinajstić information content (AvgIpc) is 3.12. The molecule has 4 rings (SSSR count). The van der Waals surface area contributed by atoms with Crippen LogP contribution in [0.3, 0.4) is 0 Å². The largest absolute Gasteiger partial charge is 0.489 e. The fraction of sp³-hybridized carbons (Fsp3) is 0.458. The first kappa shape index (κ1) is 19.8. The predicted octanol–water partition coefficient (Wildman–Crippen LogP) is 4.02. The summed E-state index contributed by atoms with van der Waals surface area (Å²) in [6, 6.07) is 18.5. The van der Waals surface area contributed by atoms with E-state index in [4.69, 9.17) is 9.47 Å². The minimum atomic E-state index is -0.160. The number of benzene rings is 2. The van der Waals surface area contributed by atoms with Gasteiger partial charge in [0.2, 0.25) is 0 Å². The molecule has 0 radical (unpaired) electrons. The number of piperidine rings is 1. The maximum Gasteiger partial charge on any atom is 0.410 e. The zero-order chi connectivity index (χ0) is 19.9. The fourth-order valence-corrected chi connectivity index (χ4v) is 4.16. The lowest BCUT2D eigenvalue weighted by atomic mass is 9.94. The number of ether oxygens (including phenoxy) is 2. The molecule has 2 aromatic rings. The summed E-state index contributed by atoms with van der Waals surface area (Å²) in [5.41, 5.74) is 2.36. The molecule has 2 aliphatic rings. The zero-order valence-corrected chi connectivity index (χ0v) is 16.9. The SMILES string of the molecule is O=C1OC[C@H](Cc2ccc(OCc3ccccc3)cc2)N1CCC1CCNCC1. The van der Waals surface area contributed by atoms with Crippen LogP contribution in [0.4, 0.5) is 4.79 Å². The first-order valence-electron chi connectivity index (χ1n) is 10.7. The molecule has 0 unspecified atom stereocenters. The molecule has 0 aromatic heterocycles. The lowest BCUT2D eigenvalue weighted by Gasteiger charge is -2.27. The van der Waals surface area contributed by atoms with Gasteiger partial charge in [-0.15, -0.1) is 0 Å². The van der Waals surface area contributed by atoms with Crippen LogP contribution in [0, 0.1) is 5.92 Å². The number of carbonyl (C=O) groups is 1. The second-order valence-corrected chi connectivity index (χ2v) is 8.03. The zero-order valence-electron chi connectivity index (χ0n) is 16.9. The molecule has 1 amide bonds. The van der Waals surface area contributed by atoms with Crippen LogP contribution in [0.1, 0.15) is 30.4 Å². The van der Waals surface area contributed by atoms with E-state index in [1.54, 1.807) is 0 Å². The van der Waals surface area contributed by atoms with E-state index >= 15 is 0 Å². The van der Waals surface area contributed by atoms with Crippen molar-refractivity contribution in [2.75, 3.05) is 26.2 Å². The number of rotatable bonds is 8. The molecule has 2 saturated heterocycles. The van der Waals surface area contributed by atoms with Crippen LogP contribution < -0.4 is 10.1 Å². The number of amides is 1. The Kier molecular flexibility index (Phi) is 6.67. The van der Waals surface area contributed by atoms with Crippen molar-refractivity contribution in [3.8, 4) is 5.75 Å². The number of hydrogen-bond donors (Lipinski definition) is 1. The monoisotopic (exact) mass is 394 g/mol. The number of nitrogens with one attached hydrogen (secondary N) is 1. The summed E-state index contributed by atoms with van der Waals surface area (Å²) in [4.78, 5) is 14.1. The van der Waals surface area contributed by atoms with Crippen LogP contribution in [0.15, 0.2) is 54.6 Å². The Labute approximate surface area is 173 Å². The average molecular weight is 395 g/mol. The Balaban J connectivity index is 1.28. The van der Waals surface area contributed by atoms with Crippen molar-refractivity contribution in [3.63, 3.8) is 0 Å². The van der Waals surface area contributed by atoms with Crippen molar-refractivity contribution in [1.29, 1.82) is 0 Å². The Morgan fingerprint density at radius 3 is 2.52 bits per heavy atom. The van der Waals surface area contributed by atoms with Crippen LogP contribution in [0.25, 0.3) is 0 Å². The Morgan fingerprint density at radius 1 is 1.00 bits per heavy atom. The third-order valence-electron chi connectivity index (χ3n) is 5.95. The smallest absolute Gasteiger partial charge is 0.410 e. The van der Waals surface area contributed by atoms with Gasteiger partial charge in [0.1, 0.15) is 19.0 Å². The topological polar surface area (TPSA) is 50.8 Å². The molecule has 1 atom stereocenters. The summed E-state index contributed by atoms with van der Waals surface area (Å²) < 4.78 is 11.2. The highest BCUT2D eigenvalue weighted by Gasteiger charge is 2.33. The number of carbonyl (C=O) groups excluding carboxylic acids is 1. The molecule has 5 heteroatoms. The van der Waals surface area contributed by atoms with E-state index in [9.17, 15) is 4.79 Å². The van der Waals surface area contributed by atoms with E-state index in [-0.39, 0.29) is 12.1 Å². The number of nitrogens with zero attached hydrogens (tertiary/aromatic N) is 1. The molecule has 2 aliphatic heterocycles. The summed E-state index contributed by atoms with van der Waals surface area (Å²) in [5, 5.41) is 3.40. The lowest BCUT2D eigenvalue weighted by Crippen LogP contribution is -2.37. The van der Waals surface area contributed by atoms with E-state index in [0.29, 0.717) is 19.1 Å².